The summed E-state index contributed by atoms with van der Waals surface area (Å²) >= 11 is 0. The lowest BCUT2D eigenvalue weighted by Crippen LogP contribution is -2.63. The van der Waals surface area contributed by atoms with Crippen molar-refractivity contribution in [3.05, 3.63) is 35.4 Å². The SMILES string of the molecule is Cc1ccccc1CN1[C@H]2CNC[C@H]1COC2. The molecule has 2 saturated heterocycles. The molecule has 17 heavy (non-hydrogen) atoms. The molecule has 0 spiro atoms. The van der Waals surface area contributed by atoms with E-state index >= 15 is 0 Å². The van der Waals surface area contributed by atoms with Crippen LogP contribution in [0.15, 0.2) is 24.3 Å². The van der Waals surface area contributed by atoms with Crippen LogP contribution in [0.1, 0.15) is 11.1 Å². The van der Waals surface area contributed by atoms with E-state index < -0.39 is 0 Å². The summed E-state index contributed by atoms with van der Waals surface area (Å²) < 4.78 is 5.65. The van der Waals surface area contributed by atoms with Gasteiger partial charge in [-0.1, -0.05) is 24.3 Å². The molecule has 2 atom stereocenters. The second kappa shape index (κ2) is 4.77. The Morgan fingerprint density at radius 3 is 2.65 bits per heavy atom. The third-order valence-electron chi connectivity index (χ3n) is 3.93. The highest BCUT2D eigenvalue weighted by Crippen LogP contribution is 2.21. The van der Waals surface area contributed by atoms with Crippen molar-refractivity contribution in [2.75, 3.05) is 26.3 Å². The van der Waals surface area contributed by atoms with Gasteiger partial charge in [-0.05, 0) is 18.1 Å². The highest BCUT2D eigenvalue weighted by atomic mass is 16.5. The zero-order valence-electron chi connectivity index (χ0n) is 10.4. The second-order valence-corrected chi connectivity index (χ2v) is 5.10. The van der Waals surface area contributed by atoms with E-state index in [1.165, 1.54) is 11.1 Å². The molecule has 0 amide bonds. The molecule has 3 heteroatoms. The lowest BCUT2D eigenvalue weighted by molar-refractivity contribution is -0.0689. The van der Waals surface area contributed by atoms with Gasteiger partial charge in [0, 0.05) is 31.7 Å². The van der Waals surface area contributed by atoms with Crippen molar-refractivity contribution in [2.45, 2.75) is 25.6 Å². The molecule has 2 aliphatic rings. The quantitative estimate of drug-likeness (QED) is 0.828. The Hall–Kier alpha value is -0.900. The van der Waals surface area contributed by atoms with Gasteiger partial charge >= 0.3 is 0 Å². The van der Waals surface area contributed by atoms with Crippen molar-refractivity contribution in [2.24, 2.45) is 0 Å². The van der Waals surface area contributed by atoms with E-state index in [0.717, 1.165) is 32.8 Å². The van der Waals surface area contributed by atoms with Crippen molar-refractivity contribution in [1.82, 2.24) is 10.2 Å². The van der Waals surface area contributed by atoms with Gasteiger partial charge in [-0.15, -0.1) is 0 Å². The summed E-state index contributed by atoms with van der Waals surface area (Å²) in [6.07, 6.45) is 0. The zero-order valence-corrected chi connectivity index (χ0v) is 10.4. The Labute approximate surface area is 103 Å². The van der Waals surface area contributed by atoms with Gasteiger partial charge < -0.3 is 10.1 Å². The normalized spacial score (nSPS) is 29.2. The second-order valence-electron chi connectivity index (χ2n) is 5.10. The average molecular weight is 232 g/mol. The maximum absolute atomic E-state index is 5.65. The van der Waals surface area contributed by atoms with E-state index in [0.29, 0.717) is 12.1 Å². The molecule has 0 aliphatic carbocycles. The molecule has 1 aromatic rings. The first-order valence-electron chi connectivity index (χ1n) is 6.43. The van der Waals surface area contributed by atoms with Crippen LogP contribution in [0, 0.1) is 6.92 Å². The van der Waals surface area contributed by atoms with E-state index in [4.69, 9.17) is 4.74 Å². The first-order valence-corrected chi connectivity index (χ1v) is 6.43. The predicted molar refractivity (Wildman–Crippen MR) is 68.0 cm³/mol. The Balaban J connectivity index is 1.78. The van der Waals surface area contributed by atoms with Crippen molar-refractivity contribution in [1.29, 1.82) is 0 Å². The molecule has 2 aliphatic heterocycles. The molecule has 2 fully saturated rings. The van der Waals surface area contributed by atoms with Crippen LogP contribution in [0.2, 0.25) is 0 Å². The smallest absolute Gasteiger partial charge is 0.0635 e. The molecule has 1 N–H and O–H groups in total. The summed E-state index contributed by atoms with van der Waals surface area (Å²) in [5, 5.41) is 3.50. The number of benzene rings is 1. The zero-order chi connectivity index (χ0) is 11.7. The van der Waals surface area contributed by atoms with E-state index in [-0.39, 0.29) is 0 Å². The minimum Gasteiger partial charge on any atom is -0.378 e. The molecule has 1 aromatic carbocycles. The minimum absolute atomic E-state index is 0.544. The lowest BCUT2D eigenvalue weighted by Gasteiger charge is -2.46. The lowest BCUT2D eigenvalue weighted by atomic mass is 10.0. The van der Waals surface area contributed by atoms with Crippen LogP contribution in [0.3, 0.4) is 0 Å². The maximum Gasteiger partial charge on any atom is 0.0635 e. The maximum atomic E-state index is 5.65. The fourth-order valence-corrected chi connectivity index (χ4v) is 2.84. The van der Waals surface area contributed by atoms with Crippen molar-refractivity contribution < 1.29 is 4.74 Å². The number of hydrogen-bond donors (Lipinski definition) is 1. The van der Waals surface area contributed by atoms with Crippen LogP contribution >= 0.6 is 0 Å². The van der Waals surface area contributed by atoms with Crippen LogP contribution in [-0.2, 0) is 11.3 Å². The van der Waals surface area contributed by atoms with Crippen LogP contribution < -0.4 is 5.32 Å². The number of morpholine rings is 1. The molecular weight excluding hydrogens is 212 g/mol. The van der Waals surface area contributed by atoms with Crippen LogP contribution in [0.25, 0.3) is 0 Å². The number of nitrogens with zero attached hydrogens (tertiary/aromatic N) is 1. The number of fused-ring (bicyclic) bond motifs is 2. The number of hydrogen-bond acceptors (Lipinski definition) is 3. The predicted octanol–water partition coefficient (Wildman–Crippen LogP) is 1.17. The number of ether oxygens (including phenoxy) is 1. The van der Waals surface area contributed by atoms with Gasteiger partial charge in [-0.2, -0.15) is 0 Å². The Morgan fingerprint density at radius 2 is 1.94 bits per heavy atom. The molecule has 3 rings (SSSR count). The molecule has 2 heterocycles. The Kier molecular flexibility index (Phi) is 3.14. The molecule has 2 bridgehead atoms. The third kappa shape index (κ3) is 2.23. The van der Waals surface area contributed by atoms with Gasteiger partial charge in [0.05, 0.1) is 13.2 Å². The van der Waals surface area contributed by atoms with Gasteiger partial charge in [0.2, 0.25) is 0 Å². The fourth-order valence-electron chi connectivity index (χ4n) is 2.84. The number of rotatable bonds is 2. The average Bonchev–Trinajstić information content (AvgIpc) is 2.32. The molecule has 0 saturated carbocycles. The van der Waals surface area contributed by atoms with E-state index in [2.05, 4.69) is 41.4 Å². The van der Waals surface area contributed by atoms with Gasteiger partial charge in [0.15, 0.2) is 0 Å². The fraction of sp³-hybridized carbons (Fsp3) is 0.571. The molecule has 92 valence electrons. The van der Waals surface area contributed by atoms with Gasteiger partial charge in [0.25, 0.3) is 0 Å². The van der Waals surface area contributed by atoms with Crippen LogP contribution in [0.4, 0.5) is 0 Å². The standard InChI is InChI=1S/C14H20N2O/c1-11-4-2-3-5-12(11)8-16-13-6-15-7-14(16)10-17-9-13/h2-5,13-15H,6-10H2,1H3/t13-,14-/m0/s1. The first-order chi connectivity index (χ1) is 8.34. The van der Waals surface area contributed by atoms with Gasteiger partial charge in [-0.3, -0.25) is 4.90 Å². The number of nitrogens with one attached hydrogen (secondary N) is 1. The largest absolute Gasteiger partial charge is 0.378 e. The molecule has 0 aromatic heterocycles. The summed E-state index contributed by atoms with van der Waals surface area (Å²) in [6.45, 7) is 7.12. The summed E-state index contributed by atoms with van der Waals surface area (Å²) in [5.74, 6) is 0. The van der Waals surface area contributed by atoms with Gasteiger partial charge in [-0.25, -0.2) is 0 Å². The number of piperazine rings is 1. The molecule has 0 unspecified atom stereocenters. The van der Waals surface area contributed by atoms with Gasteiger partial charge in [0.1, 0.15) is 0 Å². The molecule has 0 radical (unpaired) electrons. The molecule has 3 nitrogen and oxygen atoms in total. The summed E-state index contributed by atoms with van der Waals surface area (Å²) in [4.78, 5) is 2.61. The van der Waals surface area contributed by atoms with Crippen molar-refractivity contribution in [3.8, 4) is 0 Å². The summed E-state index contributed by atoms with van der Waals surface area (Å²) in [7, 11) is 0. The third-order valence-corrected chi connectivity index (χ3v) is 3.93. The number of aryl methyl sites for hydroxylation is 1. The topological polar surface area (TPSA) is 24.5 Å². The summed E-state index contributed by atoms with van der Waals surface area (Å²) in [5.41, 5.74) is 2.84. The first kappa shape index (κ1) is 11.2. The van der Waals surface area contributed by atoms with Crippen molar-refractivity contribution in [3.63, 3.8) is 0 Å². The van der Waals surface area contributed by atoms with E-state index in [9.17, 15) is 0 Å². The highest BCUT2D eigenvalue weighted by molar-refractivity contribution is 5.25. The highest BCUT2D eigenvalue weighted by Gasteiger charge is 2.34. The minimum atomic E-state index is 0.544. The Bertz CT molecular complexity index is 372. The van der Waals surface area contributed by atoms with Crippen molar-refractivity contribution >= 4 is 0 Å². The monoisotopic (exact) mass is 232 g/mol. The van der Waals surface area contributed by atoms with Crippen LogP contribution in [-0.4, -0.2) is 43.3 Å². The van der Waals surface area contributed by atoms with Crippen LogP contribution in [0.5, 0.6) is 0 Å². The molecular formula is C14H20N2O. The van der Waals surface area contributed by atoms with E-state index in [1.54, 1.807) is 0 Å². The van der Waals surface area contributed by atoms with E-state index in [1.807, 2.05) is 0 Å². The summed E-state index contributed by atoms with van der Waals surface area (Å²) in [6, 6.07) is 9.78. The Morgan fingerprint density at radius 1 is 1.24 bits per heavy atom.